The van der Waals surface area contributed by atoms with Crippen LogP contribution >= 0.6 is 7.92 Å². The van der Waals surface area contributed by atoms with Gasteiger partial charge in [-0.1, -0.05) is 67.6 Å². The Balaban J connectivity index is 1.47. The van der Waals surface area contributed by atoms with Crippen LogP contribution in [-0.4, -0.2) is 37.2 Å². The second kappa shape index (κ2) is 12.4. The van der Waals surface area contributed by atoms with Crippen LogP contribution in [0.3, 0.4) is 0 Å². The van der Waals surface area contributed by atoms with Gasteiger partial charge in [0.1, 0.15) is 0 Å². The van der Waals surface area contributed by atoms with Crippen LogP contribution in [0.4, 0.5) is 0 Å². The molecule has 0 N–H and O–H groups in total. The molecule has 2 aliphatic carbocycles. The zero-order chi connectivity index (χ0) is 24.0. The standard InChI is InChI=1S/C32H36NOP/c1-25(26-13-9-10-14-26)23-31(33-22-12-15-27(33)24-34-2)30-20-11-21-32(30)35(28-16-5-3-6-17-28)29-18-7-4-8-19-29/h3-11,13-14,16-21,25,27,31H,12,15,22-24H2,1-2H3/t25-,27+,31-/m1/s1. The maximum atomic E-state index is 5.68. The average Bonchev–Trinajstić information content (AvgIpc) is 3.67. The monoisotopic (exact) mass is 481 g/mol. The van der Waals surface area contributed by atoms with Crippen molar-refractivity contribution in [3.05, 3.63) is 123 Å². The van der Waals surface area contributed by atoms with Gasteiger partial charge in [-0.3, -0.25) is 4.90 Å². The van der Waals surface area contributed by atoms with Crippen LogP contribution in [0.25, 0.3) is 0 Å². The lowest BCUT2D eigenvalue weighted by Crippen LogP contribution is -2.46. The molecule has 3 aliphatic rings. The average molecular weight is 482 g/mol. The van der Waals surface area contributed by atoms with Crippen molar-refractivity contribution >= 4 is 18.5 Å². The van der Waals surface area contributed by atoms with Crippen molar-refractivity contribution < 1.29 is 4.74 Å². The molecule has 0 bridgehead atoms. The lowest BCUT2D eigenvalue weighted by atomic mass is 9.81. The predicted octanol–water partition coefficient (Wildman–Crippen LogP) is 5.76. The lowest BCUT2D eigenvalue weighted by molar-refractivity contribution is 0.0877. The summed E-state index contributed by atoms with van der Waals surface area (Å²) in [5.74, 6) is 3.45. The molecule has 5 rings (SSSR count). The first-order valence-electron chi connectivity index (χ1n) is 12.9. The Bertz CT molecular complexity index is 843. The minimum Gasteiger partial charge on any atom is -0.383 e. The third-order valence-corrected chi connectivity index (χ3v) is 9.99. The van der Waals surface area contributed by atoms with Crippen LogP contribution in [-0.2, 0) is 4.74 Å². The van der Waals surface area contributed by atoms with Crippen LogP contribution in [0.2, 0.25) is 0 Å². The van der Waals surface area contributed by atoms with Gasteiger partial charge in [0.2, 0.25) is 0 Å². The summed E-state index contributed by atoms with van der Waals surface area (Å²) in [4.78, 5) is 2.76. The Hall–Kier alpha value is -1.21. The summed E-state index contributed by atoms with van der Waals surface area (Å²) in [7, 11) is 1.22. The smallest absolute Gasteiger partial charge is 0.0618 e. The maximum absolute atomic E-state index is 5.68. The lowest BCUT2D eigenvalue weighted by Gasteiger charge is -2.42. The van der Waals surface area contributed by atoms with Crippen LogP contribution in [0.5, 0.6) is 0 Å². The normalized spacial score (nSPS) is 24.5. The van der Waals surface area contributed by atoms with E-state index in [1.807, 2.05) is 7.11 Å². The molecule has 0 unspecified atom stereocenters. The molecule has 1 aliphatic heterocycles. The van der Waals surface area contributed by atoms with Gasteiger partial charge < -0.3 is 4.74 Å². The zero-order valence-electron chi connectivity index (χ0n) is 20.9. The third-order valence-electron chi connectivity index (χ3n) is 7.47. The van der Waals surface area contributed by atoms with Crippen molar-refractivity contribution in [2.24, 2.45) is 5.92 Å². The molecule has 3 fully saturated rings. The van der Waals surface area contributed by atoms with Gasteiger partial charge in [0.05, 0.1) is 6.61 Å². The molecule has 35 heavy (non-hydrogen) atoms. The van der Waals surface area contributed by atoms with Crippen molar-refractivity contribution in [3.8, 4) is 0 Å². The molecule has 0 amide bonds. The van der Waals surface area contributed by atoms with E-state index >= 15 is 0 Å². The fraction of sp³-hybridized carbons (Fsp3) is 0.312. The molecular weight excluding hydrogens is 445 g/mol. The summed E-state index contributed by atoms with van der Waals surface area (Å²) in [6, 6.07) is 23.1. The zero-order valence-corrected chi connectivity index (χ0v) is 21.8. The minimum absolute atomic E-state index is 0.380. The summed E-state index contributed by atoms with van der Waals surface area (Å²) in [6.45, 7) is 4.35. The molecule has 3 atom stereocenters. The van der Waals surface area contributed by atoms with Gasteiger partial charge in [-0.05, 0) is 101 Å². The van der Waals surface area contributed by atoms with Gasteiger partial charge in [0, 0.05) is 30.8 Å². The highest BCUT2D eigenvalue weighted by Gasteiger charge is 2.46. The molecule has 1 heterocycles. The van der Waals surface area contributed by atoms with Crippen molar-refractivity contribution in [2.45, 2.75) is 38.3 Å². The number of hydrogen-bond donors (Lipinski definition) is 0. The summed E-state index contributed by atoms with van der Waals surface area (Å²) in [6.07, 6.45) is 19.6. The van der Waals surface area contributed by atoms with E-state index in [0.717, 1.165) is 19.6 Å². The number of hydrogen-bond acceptors (Lipinski definition) is 2. The highest BCUT2D eigenvalue weighted by atomic mass is 31.1. The first-order valence-corrected chi connectivity index (χ1v) is 14.2. The number of likely N-dealkylation sites (tertiary alicyclic amines) is 1. The Labute approximate surface area is 215 Å². The molecule has 2 aromatic carbocycles. The largest absolute Gasteiger partial charge is 0.383 e. The topological polar surface area (TPSA) is 12.5 Å². The second-order valence-electron chi connectivity index (χ2n) is 9.73. The summed E-state index contributed by atoms with van der Waals surface area (Å²) in [5, 5.41) is 2.83. The van der Waals surface area contributed by atoms with E-state index in [9.17, 15) is 0 Å². The Morgan fingerprint density at radius 1 is 0.886 bits per heavy atom. The summed E-state index contributed by atoms with van der Waals surface area (Å²) >= 11 is 0. The predicted molar refractivity (Wildman–Crippen MR) is 148 cm³/mol. The molecule has 2 saturated carbocycles. The third kappa shape index (κ3) is 5.87. The van der Waals surface area contributed by atoms with Gasteiger partial charge in [0.15, 0.2) is 0 Å². The van der Waals surface area contributed by atoms with Gasteiger partial charge in [-0.2, -0.15) is 0 Å². The summed E-state index contributed by atoms with van der Waals surface area (Å²) in [5.41, 5.74) is 1.50. The van der Waals surface area contributed by atoms with E-state index in [1.165, 1.54) is 40.9 Å². The van der Waals surface area contributed by atoms with E-state index in [1.54, 1.807) is 0 Å². The van der Waals surface area contributed by atoms with E-state index in [0.29, 0.717) is 18.0 Å². The highest BCUT2D eigenvalue weighted by molar-refractivity contribution is 7.76. The molecule has 0 spiro atoms. The molecule has 3 heteroatoms. The Kier molecular flexibility index (Phi) is 8.98. The van der Waals surface area contributed by atoms with Crippen molar-refractivity contribution in [2.75, 3.05) is 20.3 Å². The first kappa shape index (κ1) is 25.4. The van der Waals surface area contributed by atoms with Crippen molar-refractivity contribution in [3.63, 3.8) is 0 Å². The van der Waals surface area contributed by atoms with E-state index in [-0.39, 0.29) is 0 Å². The molecule has 10 radical (unpaired) electrons. The Morgan fingerprint density at radius 2 is 1.54 bits per heavy atom. The van der Waals surface area contributed by atoms with Gasteiger partial charge in [0.25, 0.3) is 0 Å². The van der Waals surface area contributed by atoms with E-state index < -0.39 is 7.92 Å². The first-order chi connectivity index (χ1) is 17.3. The number of benzene rings is 2. The number of methoxy groups -OCH3 is 1. The van der Waals surface area contributed by atoms with Gasteiger partial charge in [-0.15, -0.1) is 0 Å². The Morgan fingerprint density at radius 3 is 2.17 bits per heavy atom. The van der Waals surface area contributed by atoms with Crippen LogP contribution in [0.15, 0.2) is 60.7 Å². The molecule has 180 valence electrons. The number of rotatable bonds is 10. The van der Waals surface area contributed by atoms with E-state index in [2.05, 4.69) is 117 Å². The molecule has 2 aromatic rings. The number of nitrogens with zero attached hydrogens (tertiary/aromatic N) is 1. The van der Waals surface area contributed by atoms with E-state index in [4.69, 9.17) is 4.74 Å². The number of ether oxygens (including phenoxy) is 1. The fourth-order valence-electron chi connectivity index (χ4n) is 5.76. The van der Waals surface area contributed by atoms with Gasteiger partial charge in [-0.25, -0.2) is 0 Å². The van der Waals surface area contributed by atoms with Crippen LogP contribution < -0.4 is 10.6 Å². The molecule has 2 nitrogen and oxygen atoms in total. The van der Waals surface area contributed by atoms with Crippen LogP contribution in [0, 0.1) is 68.4 Å². The second-order valence-corrected chi connectivity index (χ2v) is 11.9. The summed E-state index contributed by atoms with van der Waals surface area (Å²) < 4.78 is 5.68. The van der Waals surface area contributed by atoms with Crippen molar-refractivity contribution in [1.82, 2.24) is 4.90 Å². The highest BCUT2D eigenvalue weighted by Crippen LogP contribution is 2.58. The quantitative estimate of drug-likeness (QED) is 0.400. The van der Waals surface area contributed by atoms with Crippen LogP contribution in [0.1, 0.15) is 26.2 Å². The molecule has 0 aromatic heterocycles. The minimum atomic E-state index is -0.627. The van der Waals surface area contributed by atoms with Crippen molar-refractivity contribution in [1.29, 1.82) is 0 Å². The molecular formula is C32H36NOP. The SMILES string of the molecule is COC[C@@H]1CCCN1[C@H](C[C@@H](C)[C]1[CH][CH][CH][CH]1)[C]1[CH][CH][CH][C]1P(c1ccccc1)c1ccccc1. The van der Waals surface area contributed by atoms with Gasteiger partial charge >= 0.3 is 0 Å². The molecule has 1 saturated heterocycles. The fourth-order valence-corrected chi connectivity index (χ4v) is 8.27. The maximum Gasteiger partial charge on any atom is 0.0618 e.